The van der Waals surface area contributed by atoms with E-state index < -0.39 is 0 Å². The van der Waals surface area contributed by atoms with Crippen molar-refractivity contribution in [1.29, 1.82) is 0 Å². The van der Waals surface area contributed by atoms with Crippen LogP contribution in [0.1, 0.15) is 46.5 Å². The number of hydrogen-bond acceptors (Lipinski definition) is 2. The van der Waals surface area contributed by atoms with Crippen molar-refractivity contribution in [2.45, 2.75) is 58.6 Å². The molecule has 0 radical (unpaired) electrons. The van der Waals surface area contributed by atoms with Gasteiger partial charge >= 0.3 is 0 Å². The molecule has 2 aliphatic rings. The molecule has 1 saturated carbocycles. The van der Waals surface area contributed by atoms with Gasteiger partial charge in [0, 0.05) is 19.1 Å². The minimum atomic E-state index is -0.0692. The van der Waals surface area contributed by atoms with E-state index in [1.807, 2.05) is 0 Å². The molecule has 5 unspecified atom stereocenters. The quantitative estimate of drug-likeness (QED) is 0.780. The molecular formula is C14H27NO. The Labute approximate surface area is 100 Å². The van der Waals surface area contributed by atoms with Crippen molar-refractivity contribution in [2.75, 3.05) is 13.1 Å². The molecule has 2 fully saturated rings. The average molecular weight is 225 g/mol. The summed E-state index contributed by atoms with van der Waals surface area (Å²) >= 11 is 0. The number of aliphatic hydroxyl groups excluding tert-OH is 1. The van der Waals surface area contributed by atoms with E-state index in [1.165, 1.54) is 32.4 Å². The normalized spacial score (nSPS) is 46.1. The lowest BCUT2D eigenvalue weighted by Gasteiger charge is -2.38. The number of hydrogen-bond donors (Lipinski definition) is 1. The molecule has 2 rings (SSSR count). The highest BCUT2D eigenvalue weighted by molar-refractivity contribution is 4.91. The first-order valence-electron chi connectivity index (χ1n) is 7.04. The van der Waals surface area contributed by atoms with Crippen LogP contribution in [0.2, 0.25) is 0 Å². The Balaban J connectivity index is 1.96. The summed E-state index contributed by atoms with van der Waals surface area (Å²) in [6, 6.07) is 0.450. The molecule has 1 saturated heterocycles. The van der Waals surface area contributed by atoms with Crippen molar-refractivity contribution in [3.63, 3.8) is 0 Å². The van der Waals surface area contributed by atoms with Gasteiger partial charge in [-0.1, -0.05) is 27.2 Å². The van der Waals surface area contributed by atoms with E-state index in [0.717, 1.165) is 24.2 Å². The largest absolute Gasteiger partial charge is 0.391 e. The molecule has 2 heteroatoms. The highest BCUT2D eigenvalue weighted by Gasteiger charge is 2.37. The predicted octanol–water partition coefficient (Wildman–Crippen LogP) is 2.51. The van der Waals surface area contributed by atoms with Crippen molar-refractivity contribution in [3.05, 3.63) is 0 Å². The third kappa shape index (κ3) is 2.43. The fraction of sp³-hybridized carbons (Fsp3) is 1.00. The highest BCUT2D eigenvalue weighted by atomic mass is 16.3. The molecular weight excluding hydrogens is 198 g/mol. The van der Waals surface area contributed by atoms with E-state index in [4.69, 9.17) is 0 Å². The van der Waals surface area contributed by atoms with E-state index >= 15 is 0 Å². The van der Waals surface area contributed by atoms with E-state index in [-0.39, 0.29) is 6.10 Å². The first kappa shape index (κ1) is 12.4. The summed E-state index contributed by atoms with van der Waals surface area (Å²) in [6.07, 6.45) is 4.68. The SMILES string of the molecule is CCC1CCC(O)C(N2CC(C)C(C)C2)C1. The van der Waals surface area contributed by atoms with E-state index in [2.05, 4.69) is 25.7 Å². The molecule has 0 bridgehead atoms. The molecule has 94 valence electrons. The van der Waals surface area contributed by atoms with Crippen LogP contribution in [-0.4, -0.2) is 35.2 Å². The first-order chi connectivity index (χ1) is 7.61. The fourth-order valence-electron chi connectivity index (χ4n) is 3.42. The van der Waals surface area contributed by atoms with Crippen molar-refractivity contribution >= 4 is 0 Å². The summed E-state index contributed by atoms with van der Waals surface area (Å²) in [7, 11) is 0. The Hall–Kier alpha value is -0.0800. The van der Waals surface area contributed by atoms with Gasteiger partial charge in [0.15, 0.2) is 0 Å². The summed E-state index contributed by atoms with van der Waals surface area (Å²) < 4.78 is 0. The van der Waals surface area contributed by atoms with Gasteiger partial charge in [-0.25, -0.2) is 0 Å². The fourth-order valence-corrected chi connectivity index (χ4v) is 3.42. The van der Waals surface area contributed by atoms with Gasteiger partial charge < -0.3 is 5.11 Å². The van der Waals surface area contributed by atoms with Gasteiger partial charge in [-0.2, -0.15) is 0 Å². The number of rotatable bonds is 2. The first-order valence-corrected chi connectivity index (χ1v) is 7.04. The second-order valence-corrected chi connectivity index (χ2v) is 6.13. The van der Waals surface area contributed by atoms with Crippen LogP contribution in [0.15, 0.2) is 0 Å². The third-order valence-corrected chi connectivity index (χ3v) is 4.95. The Bertz CT molecular complexity index is 221. The summed E-state index contributed by atoms with van der Waals surface area (Å²) in [5.74, 6) is 2.45. The van der Waals surface area contributed by atoms with Gasteiger partial charge in [-0.15, -0.1) is 0 Å². The topological polar surface area (TPSA) is 23.5 Å². The van der Waals surface area contributed by atoms with E-state index in [0.29, 0.717) is 6.04 Å². The molecule has 1 aliphatic carbocycles. The Kier molecular flexibility index (Phi) is 3.91. The Morgan fingerprint density at radius 3 is 2.31 bits per heavy atom. The molecule has 2 nitrogen and oxygen atoms in total. The van der Waals surface area contributed by atoms with Crippen LogP contribution >= 0.6 is 0 Å². The van der Waals surface area contributed by atoms with Crippen LogP contribution in [0.4, 0.5) is 0 Å². The van der Waals surface area contributed by atoms with Crippen LogP contribution in [0.3, 0.4) is 0 Å². The summed E-state index contributed by atoms with van der Waals surface area (Å²) in [5, 5.41) is 10.2. The van der Waals surface area contributed by atoms with Crippen LogP contribution in [-0.2, 0) is 0 Å². The summed E-state index contributed by atoms with van der Waals surface area (Å²) in [6.45, 7) is 9.36. The maximum atomic E-state index is 10.2. The Morgan fingerprint density at radius 2 is 1.75 bits per heavy atom. The lowest BCUT2D eigenvalue weighted by molar-refractivity contribution is 0.0105. The van der Waals surface area contributed by atoms with E-state index in [9.17, 15) is 5.11 Å². The Morgan fingerprint density at radius 1 is 1.12 bits per heavy atom. The van der Waals surface area contributed by atoms with Crippen LogP contribution in [0, 0.1) is 17.8 Å². The minimum absolute atomic E-state index is 0.0692. The lowest BCUT2D eigenvalue weighted by Crippen LogP contribution is -2.46. The van der Waals surface area contributed by atoms with Gasteiger partial charge in [-0.3, -0.25) is 4.90 Å². The maximum Gasteiger partial charge on any atom is 0.0695 e. The average Bonchev–Trinajstić information content (AvgIpc) is 2.60. The van der Waals surface area contributed by atoms with Crippen LogP contribution in [0.5, 0.6) is 0 Å². The number of aliphatic hydroxyl groups is 1. The second-order valence-electron chi connectivity index (χ2n) is 6.13. The maximum absolute atomic E-state index is 10.2. The van der Waals surface area contributed by atoms with Gasteiger partial charge in [0.05, 0.1) is 6.10 Å². The van der Waals surface area contributed by atoms with Crippen molar-refractivity contribution in [1.82, 2.24) is 4.90 Å². The van der Waals surface area contributed by atoms with Crippen LogP contribution in [0.25, 0.3) is 0 Å². The smallest absolute Gasteiger partial charge is 0.0695 e. The number of likely N-dealkylation sites (tertiary alicyclic amines) is 1. The van der Waals surface area contributed by atoms with Gasteiger partial charge in [0.25, 0.3) is 0 Å². The highest BCUT2D eigenvalue weighted by Crippen LogP contribution is 2.34. The monoisotopic (exact) mass is 225 g/mol. The molecule has 0 amide bonds. The molecule has 5 atom stereocenters. The molecule has 0 aromatic rings. The minimum Gasteiger partial charge on any atom is -0.391 e. The zero-order valence-electron chi connectivity index (χ0n) is 11.0. The van der Waals surface area contributed by atoms with Crippen molar-refractivity contribution in [2.24, 2.45) is 17.8 Å². The second kappa shape index (κ2) is 5.05. The zero-order chi connectivity index (χ0) is 11.7. The van der Waals surface area contributed by atoms with Gasteiger partial charge in [-0.05, 0) is 37.0 Å². The predicted molar refractivity (Wildman–Crippen MR) is 67.3 cm³/mol. The van der Waals surface area contributed by atoms with Gasteiger partial charge in [0.2, 0.25) is 0 Å². The van der Waals surface area contributed by atoms with Crippen LogP contribution < -0.4 is 0 Å². The molecule has 1 aliphatic heterocycles. The summed E-state index contributed by atoms with van der Waals surface area (Å²) in [5.41, 5.74) is 0. The zero-order valence-corrected chi connectivity index (χ0v) is 11.0. The molecule has 1 heterocycles. The molecule has 16 heavy (non-hydrogen) atoms. The molecule has 1 N–H and O–H groups in total. The third-order valence-electron chi connectivity index (χ3n) is 4.95. The lowest BCUT2D eigenvalue weighted by atomic mass is 9.82. The van der Waals surface area contributed by atoms with Crippen molar-refractivity contribution in [3.8, 4) is 0 Å². The van der Waals surface area contributed by atoms with Crippen molar-refractivity contribution < 1.29 is 5.11 Å². The van der Waals surface area contributed by atoms with E-state index in [1.54, 1.807) is 0 Å². The standard InChI is InChI=1S/C14H27NO/c1-4-12-5-6-14(16)13(7-12)15-8-10(2)11(3)9-15/h10-14,16H,4-9H2,1-3H3. The molecule has 0 spiro atoms. The van der Waals surface area contributed by atoms with Gasteiger partial charge in [0.1, 0.15) is 0 Å². The molecule has 0 aromatic carbocycles. The molecule has 0 aromatic heterocycles. The summed E-state index contributed by atoms with van der Waals surface area (Å²) in [4.78, 5) is 2.56. The number of nitrogens with zero attached hydrogens (tertiary/aromatic N) is 1.